The largest absolute Gasteiger partial charge is 0.465 e. The van der Waals surface area contributed by atoms with E-state index in [0.717, 1.165) is 65.9 Å². The van der Waals surface area contributed by atoms with E-state index < -0.39 is 11.6 Å². The summed E-state index contributed by atoms with van der Waals surface area (Å²) in [6.07, 6.45) is 10.1. The van der Waals surface area contributed by atoms with Gasteiger partial charge in [0.25, 0.3) is 0 Å². The van der Waals surface area contributed by atoms with E-state index in [-0.39, 0.29) is 6.04 Å². The van der Waals surface area contributed by atoms with E-state index in [1.54, 1.807) is 17.3 Å². The van der Waals surface area contributed by atoms with E-state index in [2.05, 4.69) is 45.3 Å². The number of anilines is 2. The average Bonchev–Trinajstić information content (AvgIpc) is 3.31. The van der Waals surface area contributed by atoms with E-state index in [1.165, 1.54) is 0 Å². The lowest BCUT2D eigenvalue weighted by Crippen LogP contribution is -2.54. The zero-order valence-electron chi connectivity index (χ0n) is 21.4. The number of piperidine rings is 1. The molecule has 3 aromatic rings. The van der Waals surface area contributed by atoms with E-state index in [4.69, 9.17) is 0 Å². The number of hydrogen-bond acceptors (Lipinski definition) is 5. The van der Waals surface area contributed by atoms with Crippen molar-refractivity contribution in [3.63, 3.8) is 0 Å². The van der Waals surface area contributed by atoms with Crippen molar-refractivity contribution in [2.45, 2.75) is 52.1 Å². The van der Waals surface area contributed by atoms with Gasteiger partial charge in [0.05, 0.1) is 11.3 Å². The Hall–Kier alpha value is -3.83. The van der Waals surface area contributed by atoms with Gasteiger partial charge < -0.3 is 20.3 Å². The molecular weight excluding hydrogens is 452 g/mol. The van der Waals surface area contributed by atoms with Crippen LogP contribution < -0.4 is 5.32 Å². The summed E-state index contributed by atoms with van der Waals surface area (Å²) in [6.45, 7) is 10.3. The molecule has 3 heterocycles. The summed E-state index contributed by atoms with van der Waals surface area (Å²) in [5, 5.41) is 24.0. The van der Waals surface area contributed by atoms with Crippen LogP contribution in [0.2, 0.25) is 0 Å². The molecule has 1 aromatic carbocycles. The number of benzene rings is 1. The molecule has 188 valence electrons. The van der Waals surface area contributed by atoms with Crippen LogP contribution in [-0.2, 0) is 0 Å². The van der Waals surface area contributed by atoms with Gasteiger partial charge in [-0.3, -0.25) is 9.88 Å². The van der Waals surface area contributed by atoms with Gasteiger partial charge in [0.1, 0.15) is 6.07 Å². The van der Waals surface area contributed by atoms with Crippen LogP contribution in [0, 0.1) is 18.3 Å². The maximum atomic E-state index is 11.8. The maximum Gasteiger partial charge on any atom is 0.407 e. The normalized spacial score (nSPS) is 15.3. The lowest BCUT2D eigenvalue weighted by Gasteiger charge is -2.43. The van der Waals surface area contributed by atoms with Crippen molar-refractivity contribution in [1.29, 1.82) is 5.26 Å². The minimum Gasteiger partial charge on any atom is -0.465 e. The van der Waals surface area contributed by atoms with Crippen LogP contribution in [0.15, 0.2) is 42.9 Å². The first-order chi connectivity index (χ1) is 17.2. The number of aromatic nitrogens is 2. The Labute approximate surface area is 212 Å². The van der Waals surface area contributed by atoms with Crippen LogP contribution in [0.3, 0.4) is 0 Å². The van der Waals surface area contributed by atoms with Gasteiger partial charge in [0.15, 0.2) is 0 Å². The van der Waals surface area contributed by atoms with Gasteiger partial charge in [-0.25, -0.2) is 4.79 Å². The molecule has 0 atom stereocenters. The summed E-state index contributed by atoms with van der Waals surface area (Å²) in [5.74, 6) is 0. The molecule has 4 rings (SSSR count). The number of fused-ring (bicyclic) bond motifs is 1. The topological polar surface area (TPSA) is 108 Å². The Bertz CT molecular complexity index is 1310. The number of pyridine rings is 1. The highest BCUT2D eigenvalue weighted by Crippen LogP contribution is 2.31. The van der Waals surface area contributed by atoms with Gasteiger partial charge in [-0.15, -0.1) is 0 Å². The van der Waals surface area contributed by atoms with Crippen molar-refractivity contribution < 1.29 is 9.90 Å². The van der Waals surface area contributed by atoms with Crippen molar-refractivity contribution in [2.24, 2.45) is 0 Å². The Morgan fingerprint density at radius 2 is 2.06 bits per heavy atom. The number of H-pyrrole nitrogens is 1. The molecule has 1 saturated heterocycles. The molecule has 8 nitrogen and oxygen atoms in total. The number of nitrogens with one attached hydrogen (secondary N) is 2. The predicted octanol–water partition coefficient (Wildman–Crippen LogP) is 5.74. The van der Waals surface area contributed by atoms with Gasteiger partial charge in [-0.05, 0) is 64.3 Å². The molecule has 1 amide bonds. The number of rotatable bonds is 6. The number of carboxylic acid groups (broad SMARTS) is 1. The fourth-order valence-corrected chi connectivity index (χ4v) is 5.06. The number of hydrogen-bond donors (Lipinski definition) is 3. The van der Waals surface area contributed by atoms with Crippen LogP contribution in [0.25, 0.3) is 17.0 Å². The van der Waals surface area contributed by atoms with Crippen molar-refractivity contribution >= 4 is 34.4 Å². The van der Waals surface area contributed by atoms with Crippen molar-refractivity contribution in [2.75, 3.05) is 25.0 Å². The molecule has 0 bridgehead atoms. The first-order valence-corrected chi connectivity index (χ1v) is 12.3. The number of carbonyl (C=O) groups is 1. The quantitative estimate of drug-likeness (QED) is 0.410. The summed E-state index contributed by atoms with van der Waals surface area (Å²) >= 11 is 0. The summed E-state index contributed by atoms with van der Waals surface area (Å²) in [4.78, 5) is 23.2. The molecule has 2 aromatic heterocycles. The van der Waals surface area contributed by atoms with Gasteiger partial charge in [-0.1, -0.05) is 12.2 Å². The Kier molecular flexibility index (Phi) is 7.32. The first kappa shape index (κ1) is 25.3. The maximum absolute atomic E-state index is 11.8. The number of likely N-dealkylation sites (tertiary alicyclic amines) is 1. The first-order valence-electron chi connectivity index (χ1n) is 12.3. The van der Waals surface area contributed by atoms with E-state index in [9.17, 15) is 15.2 Å². The molecule has 0 spiro atoms. The van der Waals surface area contributed by atoms with E-state index in [1.807, 2.05) is 45.2 Å². The molecule has 3 N–H and O–H groups in total. The van der Waals surface area contributed by atoms with Crippen LogP contribution in [-0.4, -0.2) is 62.2 Å². The predicted molar refractivity (Wildman–Crippen MR) is 143 cm³/mol. The van der Waals surface area contributed by atoms with Crippen LogP contribution in [0.5, 0.6) is 0 Å². The summed E-state index contributed by atoms with van der Waals surface area (Å²) < 4.78 is 0. The molecule has 1 aliphatic rings. The third kappa shape index (κ3) is 5.37. The SMILES string of the molecule is Cc1c(Nc2c(C#N)cncc2C=CCN2CCC(N(C(=O)O)C(C)(C)C)CC2)ccc2[nH]ccc12. The number of nitrogens with zero attached hydrogens (tertiary/aromatic N) is 4. The Morgan fingerprint density at radius 3 is 2.72 bits per heavy atom. The monoisotopic (exact) mass is 486 g/mol. The second kappa shape index (κ2) is 10.4. The van der Waals surface area contributed by atoms with Gasteiger partial charge in [0, 0.05) is 72.0 Å². The number of amides is 1. The molecular formula is C28H34N6O2. The third-order valence-electron chi connectivity index (χ3n) is 6.87. The van der Waals surface area contributed by atoms with Gasteiger partial charge in [0.2, 0.25) is 0 Å². The molecule has 0 saturated carbocycles. The van der Waals surface area contributed by atoms with E-state index in [0.29, 0.717) is 5.56 Å². The minimum absolute atomic E-state index is 0.0376. The zero-order chi connectivity index (χ0) is 25.9. The Balaban J connectivity index is 1.45. The van der Waals surface area contributed by atoms with E-state index >= 15 is 0 Å². The van der Waals surface area contributed by atoms with Crippen LogP contribution in [0.4, 0.5) is 16.2 Å². The molecule has 0 radical (unpaired) electrons. The highest BCUT2D eigenvalue weighted by Gasteiger charge is 2.34. The standard InChI is InChI=1S/C28H34N6O2/c1-19-23-9-12-31-25(23)8-7-24(19)32-26-20(17-30-18-21(26)16-29)6-5-13-33-14-10-22(11-15-33)34(27(35)36)28(2,3)4/h5-9,12,17-18,22,31H,10-11,13-15H2,1-4H3,(H,30,32)(H,35,36). The summed E-state index contributed by atoms with van der Waals surface area (Å²) in [7, 11) is 0. The second-order valence-corrected chi connectivity index (χ2v) is 10.3. The zero-order valence-corrected chi connectivity index (χ0v) is 21.4. The second-order valence-electron chi connectivity index (χ2n) is 10.3. The summed E-state index contributed by atoms with van der Waals surface area (Å²) in [5.41, 5.74) is 4.80. The number of nitriles is 1. The highest BCUT2D eigenvalue weighted by molar-refractivity contribution is 5.89. The number of aryl methyl sites for hydroxylation is 1. The average molecular weight is 487 g/mol. The molecule has 8 heteroatoms. The fourth-order valence-electron chi connectivity index (χ4n) is 5.06. The highest BCUT2D eigenvalue weighted by atomic mass is 16.4. The smallest absolute Gasteiger partial charge is 0.407 e. The minimum atomic E-state index is -0.850. The molecule has 1 fully saturated rings. The molecule has 1 aliphatic heterocycles. The van der Waals surface area contributed by atoms with Gasteiger partial charge in [-0.2, -0.15) is 5.26 Å². The van der Waals surface area contributed by atoms with Crippen molar-refractivity contribution in [3.8, 4) is 6.07 Å². The third-order valence-corrected chi connectivity index (χ3v) is 6.87. The Morgan fingerprint density at radius 1 is 1.31 bits per heavy atom. The van der Waals surface area contributed by atoms with Crippen LogP contribution in [0.1, 0.15) is 50.3 Å². The number of aromatic amines is 1. The summed E-state index contributed by atoms with van der Waals surface area (Å²) in [6, 6.07) is 8.39. The molecule has 36 heavy (non-hydrogen) atoms. The molecule has 0 unspecified atom stereocenters. The lowest BCUT2D eigenvalue weighted by atomic mass is 9.97. The van der Waals surface area contributed by atoms with Gasteiger partial charge >= 0.3 is 6.09 Å². The van der Waals surface area contributed by atoms with Crippen LogP contribution >= 0.6 is 0 Å². The lowest BCUT2D eigenvalue weighted by molar-refractivity contribution is 0.0441. The van der Waals surface area contributed by atoms with Crippen molar-refractivity contribution in [1.82, 2.24) is 19.8 Å². The molecule has 0 aliphatic carbocycles. The van der Waals surface area contributed by atoms with Crippen molar-refractivity contribution in [3.05, 3.63) is 59.6 Å². The fraction of sp³-hybridized carbons (Fsp3) is 0.393.